The fraction of sp³-hybridized carbons (Fsp3) is 0.375. The van der Waals surface area contributed by atoms with Gasteiger partial charge in [-0.25, -0.2) is 0 Å². The molecule has 0 aliphatic heterocycles. The molecule has 2 aliphatic rings. The molecule has 7 rings (SSSR count). The molecular weight excluding hydrogens is 669 g/mol. The highest BCUT2D eigenvalue weighted by Crippen LogP contribution is 2.40. The Hall–Kier alpha value is -5.10. The number of rotatable bonds is 12. The van der Waals surface area contributed by atoms with Crippen molar-refractivity contribution in [3.63, 3.8) is 0 Å². The van der Waals surface area contributed by atoms with Crippen LogP contribution in [0.2, 0.25) is 0 Å². The van der Waals surface area contributed by atoms with Crippen molar-refractivity contribution in [3.05, 3.63) is 130 Å². The van der Waals surface area contributed by atoms with Crippen molar-refractivity contribution in [3.8, 4) is 34.5 Å². The van der Waals surface area contributed by atoms with Crippen molar-refractivity contribution in [1.29, 1.82) is 0 Å². The lowest BCUT2D eigenvalue weighted by Crippen LogP contribution is -2.07. The van der Waals surface area contributed by atoms with E-state index in [1.165, 1.54) is 97.6 Å². The number of phenols is 2. The standard InChI is InChI=1S/C48H56N2O4/c1-31(37-23-39(35-9-5-3-6-10-35)27-43(25-37)53-41-17-19-45(49)47(51)29-41)21-33-13-15-34(16-14-33)22-32(2)38-24-40(36-11-7-4-8-12-36)28-44(26-38)54-42-18-20-46(50)48(52)30-42/h13-20,23-32,35-36,51-52H,3-12,21-22,49-50H2,1-2H3. The van der Waals surface area contributed by atoms with Crippen LogP contribution in [-0.2, 0) is 12.8 Å². The van der Waals surface area contributed by atoms with E-state index in [-0.39, 0.29) is 11.5 Å². The van der Waals surface area contributed by atoms with E-state index >= 15 is 0 Å². The summed E-state index contributed by atoms with van der Waals surface area (Å²) in [5, 5.41) is 20.4. The van der Waals surface area contributed by atoms with Gasteiger partial charge in [-0.2, -0.15) is 0 Å². The van der Waals surface area contributed by atoms with Crippen LogP contribution in [0.15, 0.2) is 97.1 Å². The number of hydrogen-bond acceptors (Lipinski definition) is 6. The molecule has 6 N–H and O–H groups in total. The normalized spacial score (nSPS) is 16.5. The zero-order valence-electron chi connectivity index (χ0n) is 31.9. The van der Waals surface area contributed by atoms with E-state index in [1.807, 2.05) is 12.1 Å². The van der Waals surface area contributed by atoms with Crippen LogP contribution >= 0.6 is 0 Å². The lowest BCUT2D eigenvalue weighted by molar-refractivity contribution is 0.437. The molecule has 6 heteroatoms. The molecule has 0 spiro atoms. The lowest BCUT2D eigenvalue weighted by atomic mass is 9.82. The molecule has 0 amide bonds. The highest BCUT2D eigenvalue weighted by atomic mass is 16.5. The van der Waals surface area contributed by atoms with Crippen molar-refractivity contribution >= 4 is 11.4 Å². The summed E-state index contributed by atoms with van der Waals surface area (Å²) < 4.78 is 12.7. The first-order valence-electron chi connectivity index (χ1n) is 20.1. The molecule has 0 aromatic heterocycles. The third-order valence-electron chi connectivity index (χ3n) is 11.8. The van der Waals surface area contributed by atoms with Gasteiger partial charge in [-0.1, -0.05) is 88.8 Å². The summed E-state index contributed by atoms with van der Waals surface area (Å²) in [7, 11) is 0. The molecule has 6 nitrogen and oxygen atoms in total. The highest BCUT2D eigenvalue weighted by molar-refractivity contribution is 5.56. The van der Waals surface area contributed by atoms with E-state index in [0.29, 0.717) is 46.5 Å². The van der Waals surface area contributed by atoms with E-state index in [0.717, 1.165) is 24.3 Å². The summed E-state index contributed by atoms with van der Waals surface area (Å²) in [5.41, 5.74) is 20.3. The summed E-state index contributed by atoms with van der Waals surface area (Å²) in [4.78, 5) is 0. The van der Waals surface area contributed by atoms with Crippen LogP contribution in [0.3, 0.4) is 0 Å². The van der Waals surface area contributed by atoms with Gasteiger partial charge in [0.05, 0.1) is 11.4 Å². The van der Waals surface area contributed by atoms with E-state index < -0.39 is 0 Å². The van der Waals surface area contributed by atoms with Crippen LogP contribution in [0.1, 0.15) is 135 Å². The first-order valence-corrected chi connectivity index (χ1v) is 20.1. The van der Waals surface area contributed by atoms with E-state index in [2.05, 4.69) is 74.5 Å². The fourth-order valence-electron chi connectivity index (χ4n) is 8.52. The Balaban J connectivity index is 1.06. The molecule has 0 radical (unpaired) electrons. The van der Waals surface area contributed by atoms with Crippen LogP contribution in [0, 0.1) is 0 Å². The van der Waals surface area contributed by atoms with E-state index in [4.69, 9.17) is 20.9 Å². The maximum Gasteiger partial charge on any atom is 0.142 e. The Labute approximate surface area is 321 Å². The lowest BCUT2D eigenvalue weighted by Gasteiger charge is -2.24. The zero-order valence-corrected chi connectivity index (χ0v) is 31.9. The number of hydrogen-bond donors (Lipinski definition) is 4. The number of ether oxygens (including phenoxy) is 2. The molecule has 54 heavy (non-hydrogen) atoms. The van der Waals surface area contributed by atoms with Gasteiger partial charge in [-0.05, 0) is 144 Å². The van der Waals surface area contributed by atoms with Gasteiger partial charge in [0, 0.05) is 12.1 Å². The van der Waals surface area contributed by atoms with Crippen LogP contribution in [0.5, 0.6) is 34.5 Å². The Morgan fingerprint density at radius 3 is 1.26 bits per heavy atom. The van der Waals surface area contributed by atoms with Crippen LogP contribution in [-0.4, -0.2) is 10.2 Å². The topological polar surface area (TPSA) is 111 Å². The van der Waals surface area contributed by atoms with Crippen LogP contribution in [0.25, 0.3) is 0 Å². The van der Waals surface area contributed by atoms with Crippen LogP contribution < -0.4 is 20.9 Å². The highest BCUT2D eigenvalue weighted by Gasteiger charge is 2.21. The Morgan fingerprint density at radius 2 is 0.889 bits per heavy atom. The van der Waals surface area contributed by atoms with Crippen molar-refractivity contribution in [2.45, 2.75) is 115 Å². The SMILES string of the molecule is CC(Cc1ccc(CC(C)c2cc(Oc3ccc(N)c(O)c3)cc(C3CCCCC3)c2)cc1)c1cc(Oc2ccc(N)c(O)c2)cc(C2CCCCC2)c1. The Kier molecular flexibility index (Phi) is 11.7. The Morgan fingerprint density at radius 1 is 0.500 bits per heavy atom. The minimum absolute atomic E-state index is 0.0327. The first kappa shape index (κ1) is 37.2. The number of aromatic hydroxyl groups is 2. The number of nitrogens with two attached hydrogens (primary N) is 2. The van der Waals surface area contributed by atoms with Gasteiger partial charge in [0.25, 0.3) is 0 Å². The van der Waals surface area contributed by atoms with Crippen molar-refractivity contribution in [2.24, 2.45) is 0 Å². The van der Waals surface area contributed by atoms with Crippen molar-refractivity contribution < 1.29 is 19.7 Å². The predicted molar refractivity (Wildman–Crippen MR) is 220 cm³/mol. The third-order valence-corrected chi connectivity index (χ3v) is 11.8. The summed E-state index contributed by atoms with van der Waals surface area (Å²) in [6.07, 6.45) is 14.4. The van der Waals surface area contributed by atoms with Gasteiger partial charge in [-0.15, -0.1) is 0 Å². The average molecular weight is 725 g/mol. The number of benzene rings is 5. The van der Waals surface area contributed by atoms with Gasteiger partial charge in [0.2, 0.25) is 0 Å². The summed E-state index contributed by atoms with van der Waals surface area (Å²) in [6.45, 7) is 4.61. The molecule has 282 valence electrons. The molecular formula is C48H56N2O4. The molecule has 0 bridgehead atoms. The molecule has 0 saturated heterocycles. The number of phenolic OH excluding ortho intramolecular Hbond substituents is 2. The minimum atomic E-state index is 0.0327. The smallest absolute Gasteiger partial charge is 0.142 e. The molecule has 2 saturated carbocycles. The van der Waals surface area contributed by atoms with E-state index in [1.54, 1.807) is 24.3 Å². The molecule has 5 aromatic carbocycles. The molecule has 2 atom stereocenters. The predicted octanol–water partition coefficient (Wildman–Crippen LogP) is 12.6. The maximum absolute atomic E-state index is 10.2. The largest absolute Gasteiger partial charge is 0.506 e. The molecule has 2 fully saturated rings. The monoisotopic (exact) mass is 724 g/mol. The molecule has 0 heterocycles. The number of nitrogen functional groups attached to an aromatic ring is 2. The second-order valence-electron chi connectivity index (χ2n) is 16.0. The van der Waals surface area contributed by atoms with Crippen molar-refractivity contribution in [2.75, 3.05) is 11.5 Å². The van der Waals surface area contributed by atoms with Gasteiger partial charge in [-0.3, -0.25) is 0 Å². The van der Waals surface area contributed by atoms with E-state index in [9.17, 15) is 10.2 Å². The summed E-state index contributed by atoms with van der Waals surface area (Å²) >= 11 is 0. The number of anilines is 2. The Bertz CT molecular complexity index is 1880. The summed E-state index contributed by atoms with van der Waals surface area (Å²) in [5.74, 6) is 4.53. The first-order chi connectivity index (χ1) is 26.2. The molecule has 5 aromatic rings. The van der Waals surface area contributed by atoms with Gasteiger partial charge >= 0.3 is 0 Å². The zero-order chi connectivity index (χ0) is 37.6. The molecule has 2 aliphatic carbocycles. The quantitative estimate of drug-likeness (QED) is 0.0753. The van der Waals surface area contributed by atoms with Gasteiger partial charge in [0.15, 0.2) is 0 Å². The second-order valence-corrected chi connectivity index (χ2v) is 16.0. The fourth-order valence-corrected chi connectivity index (χ4v) is 8.52. The van der Waals surface area contributed by atoms with Crippen LogP contribution in [0.4, 0.5) is 11.4 Å². The van der Waals surface area contributed by atoms with Gasteiger partial charge in [0.1, 0.15) is 34.5 Å². The van der Waals surface area contributed by atoms with Gasteiger partial charge < -0.3 is 31.2 Å². The maximum atomic E-state index is 10.2. The minimum Gasteiger partial charge on any atom is -0.506 e. The average Bonchev–Trinajstić information content (AvgIpc) is 3.19. The third kappa shape index (κ3) is 9.33. The van der Waals surface area contributed by atoms with Crippen molar-refractivity contribution in [1.82, 2.24) is 0 Å². The second kappa shape index (κ2) is 16.9. The summed E-state index contributed by atoms with van der Waals surface area (Å²) in [6, 6.07) is 32.8. The molecule has 2 unspecified atom stereocenters.